The summed E-state index contributed by atoms with van der Waals surface area (Å²) in [6.07, 6.45) is -1.15. The molecule has 0 aliphatic heterocycles. The van der Waals surface area contributed by atoms with Crippen molar-refractivity contribution in [3.8, 4) is 0 Å². The highest BCUT2D eigenvalue weighted by atomic mass is 16.6. The standard InChI is InChI=1S/C28H44N4O7/c1-9-38-22(34)15-16-30-24(35)23(19-12-10-11-18(2)17-19)32(27(3,4)5)25(36)20(13-14-21(29)33)31-26(37)39-28(6,7)8/h10-12,17,20,23H,9,13-16H2,1-8H3,(H2,29,33)(H,30,35)(H,31,37). The third-order valence-corrected chi connectivity index (χ3v) is 5.43. The van der Waals surface area contributed by atoms with Gasteiger partial charge in [-0.3, -0.25) is 19.2 Å². The van der Waals surface area contributed by atoms with Crippen molar-refractivity contribution in [2.45, 2.75) is 97.9 Å². The van der Waals surface area contributed by atoms with Crippen LogP contribution in [0.15, 0.2) is 24.3 Å². The summed E-state index contributed by atoms with van der Waals surface area (Å²) in [6, 6.07) is 4.85. The lowest BCUT2D eigenvalue weighted by atomic mass is 9.94. The molecule has 2 atom stereocenters. The minimum atomic E-state index is -1.20. The van der Waals surface area contributed by atoms with E-state index in [1.807, 2.05) is 13.0 Å². The van der Waals surface area contributed by atoms with Gasteiger partial charge in [0.05, 0.1) is 13.0 Å². The highest BCUT2D eigenvalue weighted by Crippen LogP contribution is 2.31. The lowest BCUT2D eigenvalue weighted by molar-refractivity contribution is -0.149. The smallest absolute Gasteiger partial charge is 0.408 e. The summed E-state index contributed by atoms with van der Waals surface area (Å²) in [6.45, 7) is 14.1. The molecular weight excluding hydrogens is 504 g/mol. The Morgan fingerprint density at radius 1 is 1.03 bits per heavy atom. The summed E-state index contributed by atoms with van der Waals surface area (Å²) >= 11 is 0. The predicted octanol–water partition coefficient (Wildman–Crippen LogP) is 2.89. The number of hydrogen-bond donors (Lipinski definition) is 3. The van der Waals surface area contributed by atoms with Gasteiger partial charge in [-0.05, 0) is 67.4 Å². The maximum atomic E-state index is 14.1. The van der Waals surface area contributed by atoms with Gasteiger partial charge in [0.2, 0.25) is 17.7 Å². The third kappa shape index (κ3) is 11.7. The molecule has 0 bridgehead atoms. The fraction of sp³-hybridized carbons (Fsp3) is 0.607. The van der Waals surface area contributed by atoms with E-state index in [-0.39, 0.29) is 32.4 Å². The Labute approximate surface area is 231 Å². The molecule has 218 valence electrons. The van der Waals surface area contributed by atoms with Gasteiger partial charge in [-0.25, -0.2) is 4.79 Å². The number of carbonyl (C=O) groups excluding carboxylic acids is 5. The molecule has 0 saturated carbocycles. The van der Waals surface area contributed by atoms with Gasteiger partial charge in [-0.15, -0.1) is 0 Å². The minimum Gasteiger partial charge on any atom is -0.466 e. The second-order valence-electron chi connectivity index (χ2n) is 11.2. The zero-order chi connectivity index (χ0) is 30.0. The van der Waals surface area contributed by atoms with Crippen LogP contribution in [0.4, 0.5) is 4.79 Å². The van der Waals surface area contributed by atoms with Crippen LogP contribution in [-0.2, 0) is 28.7 Å². The van der Waals surface area contributed by atoms with Crippen molar-refractivity contribution in [3.63, 3.8) is 0 Å². The maximum absolute atomic E-state index is 14.1. The van der Waals surface area contributed by atoms with Crippen molar-refractivity contribution in [1.29, 1.82) is 0 Å². The highest BCUT2D eigenvalue weighted by Gasteiger charge is 2.42. The number of amides is 4. The zero-order valence-corrected chi connectivity index (χ0v) is 24.4. The first kappa shape index (κ1) is 33.4. The molecule has 0 aromatic heterocycles. The summed E-state index contributed by atoms with van der Waals surface area (Å²) in [5.74, 6) is -2.21. The molecule has 0 aliphatic rings. The first-order chi connectivity index (χ1) is 18.0. The molecule has 1 aromatic carbocycles. The Kier molecular flexibility index (Phi) is 12.4. The van der Waals surface area contributed by atoms with E-state index in [9.17, 15) is 24.0 Å². The fourth-order valence-corrected chi connectivity index (χ4v) is 3.88. The van der Waals surface area contributed by atoms with Crippen LogP contribution in [-0.4, -0.2) is 65.0 Å². The molecule has 4 N–H and O–H groups in total. The summed E-state index contributed by atoms with van der Waals surface area (Å²) in [7, 11) is 0. The van der Waals surface area contributed by atoms with E-state index < -0.39 is 53.0 Å². The van der Waals surface area contributed by atoms with E-state index >= 15 is 0 Å². The summed E-state index contributed by atoms with van der Waals surface area (Å²) in [4.78, 5) is 65.2. The van der Waals surface area contributed by atoms with Crippen molar-refractivity contribution in [1.82, 2.24) is 15.5 Å². The number of ether oxygens (including phenoxy) is 2. The number of esters is 1. The number of benzene rings is 1. The number of hydrogen-bond acceptors (Lipinski definition) is 7. The lowest BCUT2D eigenvalue weighted by Crippen LogP contribution is -2.58. The number of aryl methyl sites for hydroxylation is 1. The second kappa shape index (κ2) is 14.5. The Hall–Kier alpha value is -3.63. The van der Waals surface area contributed by atoms with Crippen molar-refractivity contribution in [2.75, 3.05) is 13.2 Å². The number of nitrogens with two attached hydrogens (primary N) is 1. The van der Waals surface area contributed by atoms with Crippen LogP contribution in [0.2, 0.25) is 0 Å². The van der Waals surface area contributed by atoms with E-state index in [1.165, 1.54) is 4.90 Å². The van der Waals surface area contributed by atoms with Crippen LogP contribution in [0, 0.1) is 6.92 Å². The Morgan fingerprint density at radius 2 is 1.67 bits per heavy atom. The normalized spacial score (nSPS) is 13.0. The number of rotatable bonds is 12. The van der Waals surface area contributed by atoms with E-state index in [0.717, 1.165) is 5.56 Å². The van der Waals surface area contributed by atoms with Crippen molar-refractivity contribution < 1.29 is 33.4 Å². The number of alkyl carbamates (subject to hydrolysis) is 1. The van der Waals surface area contributed by atoms with Gasteiger partial charge >= 0.3 is 12.1 Å². The van der Waals surface area contributed by atoms with Crippen LogP contribution >= 0.6 is 0 Å². The predicted molar refractivity (Wildman–Crippen MR) is 146 cm³/mol. The molecule has 11 heteroatoms. The average molecular weight is 549 g/mol. The molecule has 0 radical (unpaired) electrons. The van der Waals surface area contributed by atoms with Crippen LogP contribution in [0.3, 0.4) is 0 Å². The number of nitrogens with one attached hydrogen (secondary N) is 2. The monoisotopic (exact) mass is 548 g/mol. The molecule has 2 unspecified atom stereocenters. The molecule has 0 heterocycles. The molecule has 4 amide bonds. The molecule has 39 heavy (non-hydrogen) atoms. The van der Waals surface area contributed by atoms with Gasteiger partial charge in [0.15, 0.2) is 0 Å². The Morgan fingerprint density at radius 3 is 2.18 bits per heavy atom. The van der Waals surface area contributed by atoms with Gasteiger partial charge < -0.3 is 30.7 Å². The molecular formula is C28H44N4O7. The van der Waals surface area contributed by atoms with Crippen LogP contribution in [0.5, 0.6) is 0 Å². The third-order valence-electron chi connectivity index (χ3n) is 5.43. The quantitative estimate of drug-likeness (QED) is 0.339. The molecule has 1 aromatic rings. The van der Waals surface area contributed by atoms with Crippen LogP contribution in [0.1, 0.15) is 84.9 Å². The van der Waals surface area contributed by atoms with Crippen molar-refractivity contribution >= 4 is 29.8 Å². The molecule has 0 spiro atoms. The number of nitrogens with zero attached hydrogens (tertiary/aromatic N) is 1. The fourth-order valence-electron chi connectivity index (χ4n) is 3.88. The number of primary amides is 1. The Balaban J connectivity index is 3.49. The second-order valence-corrected chi connectivity index (χ2v) is 11.2. The van der Waals surface area contributed by atoms with Crippen molar-refractivity contribution in [2.24, 2.45) is 5.73 Å². The topological polar surface area (TPSA) is 157 Å². The maximum Gasteiger partial charge on any atom is 0.408 e. The number of carbonyl (C=O) groups is 5. The van der Waals surface area contributed by atoms with Gasteiger partial charge in [-0.2, -0.15) is 0 Å². The summed E-state index contributed by atoms with van der Waals surface area (Å²) in [5, 5.41) is 5.30. The molecule has 0 aliphatic carbocycles. The van der Waals surface area contributed by atoms with Gasteiger partial charge in [0.25, 0.3) is 0 Å². The molecule has 0 fully saturated rings. The van der Waals surface area contributed by atoms with E-state index in [0.29, 0.717) is 5.56 Å². The van der Waals surface area contributed by atoms with Gasteiger partial charge in [0.1, 0.15) is 17.7 Å². The van der Waals surface area contributed by atoms with Crippen molar-refractivity contribution in [3.05, 3.63) is 35.4 Å². The Bertz CT molecular complexity index is 1030. The molecule has 0 saturated heterocycles. The van der Waals surface area contributed by atoms with E-state index in [1.54, 1.807) is 66.7 Å². The summed E-state index contributed by atoms with van der Waals surface area (Å²) < 4.78 is 10.3. The van der Waals surface area contributed by atoms with E-state index in [2.05, 4.69) is 10.6 Å². The molecule has 11 nitrogen and oxygen atoms in total. The first-order valence-corrected chi connectivity index (χ1v) is 13.1. The zero-order valence-electron chi connectivity index (χ0n) is 24.4. The lowest BCUT2D eigenvalue weighted by Gasteiger charge is -2.43. The van der Waals surface area contributed by atoms with Gasteiger partial charge in [0, 0.05) is 18.5 Å². The van der Waals surface area contributed by atoms with Gasteiger partial charge in [-0.1, -0.05) is 29.8 Å². The van der Waals surface area contributed by atoms with Crippen LogP contribution < -0.4 is 16.4 Å². The first-order valence-electron chi connectivity index (χ1n) is 13.1. The minimum absolute atomic E-state index is 0.00736. The SMILES string of the molecule is CCOC(=O)CCNC(=O)C(c1cccc(C)c1)N(C(=O)C(CCC(N)=O)NC(=O)OC(C)(C)C)C(C)(C)C. The highest BCUT2D eigenvalue weighted by molar-refractivity contribution is 5.93. The molecule has 1 rings (SSSR count). The average Bonchev–Trinajstić information content (AvgIpc) is 2.77. The summed E-state index contributed by atoms with van der Waals surface area (Å²) in [5.41, 5.74) is 5.01. The van der Waals surface area contributed by atoms with E-state index in [4.69, 9.17) is 15.2 Å². The largest absolute Gasteiger partial charge is 0.466 e. The van der Waals surface area contributed by atoms with Crippen LogP contribution in [0.25, 0.3) is 0 Å².